The molecule has 0 heterocycles. The zero-order valence-electron chi connectivity index (χ0n) is 7.13. The first-order valence-electron chi connectivity index (χ1n) is 3.88. The predicted octanol–water partition coefficient (Wildman–Crippen LogP) is 0.387. The van der Waals surface area contributed by atoms with Crippen LogP contribution in [0, 0.1) is 0 Å². The van der Waals surface area contributed by atoms with Crippen molar-refractivity contribution in [3.63, 3.8) is 0 Å². The van der Waals surface area contributed by atoms with Gasteiger partial charge in [-0.15, -0.1) is 0 Å². The lowest BCUT2D eigenvalue weighted by molar-refractivity contribution is -0.386. The summed E-state index contributed by atoms with van der Waals surface area (Å²) in [6.07, 6.45) is 0. The van der Waals surface area contributed by atoms with Crippen LogP contribution in [0.25, 0.3) is 0 Å². The molecule has 0 unspecified atom stereocenters. The molecule has 0 saturated carbocycles. The molecule has 0 aliphatic rings. The number of hydrogen-bond donors (Lipinski definition) is 2. The van der Waals surface area contributed by atoms with E-state index in [0.717, 1.165) is 17.8 Å². The Morgan fingerprint density at radius 3 is 2.92 bits per heavy atom. The Labute approximate surface area is 71.6 Å². The van der Waals surface area contributed by atoms with Crippen LogP contribution in [0.15, 0.2) is 24.3 Å². The number of quaternary nitrogens is 1. The van der Waals surface area contributed by atoms with Gasteiger partial charge in [-0.2, -0.15) is 0 Å². The second-order valence-electron chi connectivity index (χ2n) is 2.63. The van der Waals surface area contributed by atoms with Crippen molar-refractivity contribution in [2.75, 3.05) is 5.32 Å². The third-order valence-electron chi connectivity index (χ3n) is 1.54. The van der Waals surface area contributed by atoms with Gasteiger partial charge in [-0.1, -0.05) is 12.1 Å². The first kappa shape index (κ1) is 8.74. The monoisotopic (exact) mass is 165 g/mol. The van der Waals surface area contributed by atoms with Gasteiger partial charge < -0.3 is 11.1 Å². The molecule has 0 aromatic heterocycles. The molecule has 0 atom stereocenters. The van der Waals surface area contributed by atoms with E-state index in [-0.39, 0.29) is 5.91 Å². The lowest BCUT2D eigenvalue weighted by atomic mass is 10.2. The SMILES string of the molecule is CC(=O)Nc1cccc(C[NH3+])c1. The van der Waals surface area contributed by atoms with Crippen molar-refractivity contribution in [2.24, 2.45) is 0 Å². The van der Waals surface area contributed by atoms with Gasteiger partial charge in [0.05, 0.1) is 6.54 Å². The van der Waals surface area contributed by atoms with Crippen molar-refractivity contribution < 1.29 is 10.5 Å². The molecule has 4 N–H and O–H groups in total. The summed E-state index contributed by atoms with van der Waals surface area (Å²) in [4.78, 5) is 10.7. The largest absolute Gasteiger partial charge is 0.354 e. The van der Waals surface area contributed by atoms with Crippen LogP contribution in [0.2, 0.25) is 0 Å². The van der Waals surface area contributed by atoms with E-state index in [1.807, 2.05) is 24.3 Å². The van der Waals surface area contributed by atoms with E-state index in [4.69, 9.17) is 0 Å². The molecule has 0 aliphatic carbocycles. The molecule has 3 heteroatoms. The van der Waals surface area contributed by atoms with Crippen molar-refractivity contribution >= 4 is 11.6 Å². The molecule has 0 bridgehead atoms. The number of rotatable bonds is 2. The fraction of sp³-hybridized carbons (Fsp3) is 0.222. The molecule has 0 fully saturated rings. The molecule has 1 aromatic rings. The van der Waals surface area contributed by atoms with Gasteiger partial charge >= 0.3 is 0 Å². The topological polar surface area (TPSA) is 56.7 Å². The van der Waals surface area contributed by atoms with Gasteiger partial charge in [0.15, 0.2) is 0 Å². The van der Waals surface area contributed by atoms with Crippen molar-refractivity contribution in [1.82, 2.24) is 0 Å². The molecule has 0 aliphatic heterocycles. The molecular formula is C9H13N2O+. The van der Waals surface area contributed by atoms with E-state index in [1.165, 1.54) is 6.92 Å². The summed E-state index contributed by atoms with van der Waals surface area (Å²) in [6, 6.07) is 7.68. The fourth-order valence-corrected chi connectivity index (χ4v) is 1.01. The second-order valence-corrected chi connectivity index (χ2v) is 2.63. The molecular weight excluding hydrogens is 152 g/mol. The van der Waals surface area contributed by atoms with Crippen LogP contribution >= 0.6 is 0 Å². The summed E-state index contributed by atoms with van der Waals surface area (Å²) < 4.78 is 0. The van der Waals surface area contributed by atoms with Crippen LogP contribution in [-0.2, 0) is 11.3 Å². The van der Waals surface area contributed by atoms with Gasteiger partial charge in [0.25, 0.3) is 0 Å². The quantitative estimate of drug-likeness (QED) is 0.654. The van der Waals surface area contributed by atoms with Crippen LogP contribution in [0.1, 0.15) is 12.5 Å². The molecule has 3 nitrogen and oxygen atoms in total. The Morgan fingerprint density at radius 1 is 1.58 bits per heavy atom. The van der Waals surface area contributed by atoms with Gasteiger partial charge in [0.2, 0.25) is 5.91 Å². The summed E-state index contributed by atoms with van der Waals surface area (Å²) in [7, 11) is 0. The van der Waals surface area contributed by atoms with Gasteiger partial charge in [-0.25, -0.2) is 0 Å². The van der Waals surface area contributed by atoms with E-state index in [2.05, 4.69) is 11.1 Å². The van der Waals surface area contributed by atoms with Crippen LogP contribution < -0.4 is 11.1 Å². The Balaban J connectivity index is 2.79. The lowest BCUT2D eigenvalue weighted by Crippen LogP contribution is -2.47. The smallest absolute Gasteiger partial charge is 0.221 e. The predicted molar refractivity (Wildman–Crippen MR) is 47.3 cm³/mol. The summed E-state index contributed by atoms with van der Waals surface area (Å²) >= 11 is 0. The fourth-order valence-electron chi connectivity index (χ4n) is 1.01. The van der Waals surface area contributed by atoms with Gasteiger partial charge in [-0.3, -0.25) is 4.79 Å². The Bertz CT molecular complexity index is 284. The molecule has 64 valence electrons. The zero-order chi connectivity index (χ0) is 8.97. The Morgan fingerprint density at radius 2 is 2.33 bits per heavy atom. The number of benzene rings is 1. The number of hydrogen-bond acceptors (Lipinski definition) is 1. The zero-order valence-corrected chi connectivity index (χ0v) is 7.13. The highest BCUT2D eigenvalue weighted by atomic mass is 16.1. The summed E-state index contributed by atoms with van der Waals surface area (Å²) in [6.45, 7) is 2.24. The van der Waals surface area contributed by atoms with Crippen LogP contribution in [0.3, 0.4) is 0 Å². The number of anilines is 1. The van der Waals surface area contributed by atoms with E-state index >= 15 is 0 Å². The van der Waals surface area contributed by atoms with Crippen molar-refractivity contribution in [1.29, 1.82) is 0 Å². The highest BCUT2D eigenvalue weighted by Gasteiger charge is 1.96. The number of amides is 1. The molecule has 0 saturated heterocycles. The molecule has 0 radical (unpaired) electrons. The van der Waals surface area contributed by atoms with Gasteiger partial charge in [-0.05, 0) is 12.1 Å². The Hall–Kier alpha value is -1.35. The molecule has 0 spiro atoms. The number of nitrogens with one attached hydrogen (secondary N) is 1. The molecule has 1 aromatic carbocycles. The first-order chi connectivity index (χ1) is 5.72. The van der Waals surface area contributed by atoms with Crippen molar-refractivity contribution in [2.45, 2.75) is 13.5 Å². The second kappa shape index (κ2) is 3.88. The van der Waals surface area contributed by atoms with E-state index in [1.54, 1.807) is 0 Å². The van der Waals surface area contributed by atoms with E-state index in [0.29, 0.717) is 0 Å². The molecule has 1 rings (SSSR count). The average molecular weight is 165 g/mol. The maximum atomic E-state index is 10.7. The minimum Gasteiger partial charge on any atom is -0.354 e. The summed E-state index contributed by atoms with van der Waals surface area (Å²) in [5, 5.41) is 2.71. The third-order valence-corrected chi connectivity index (χ3v) is 1.54. The van der Waals surface area contributed by atoms with E-state index in [9.17, 15) is 4.79 Å². The standard InChI is InChI=1S/C9H12N2O/c1-7(12)11-9-4-2-3-8(5-9)6-10/h2-5H,6,10H2,1H3,(H,11,12)/p+1. The molecule has 12 heavy (non-hydrogen) atoms. The third kappa shape index (κ3) is 2.36. The van der Waals surface area contributed by atoms with Crippen molar-refractivity contribution in [3.8, 4) is 0 Å². The van der Waals surface area contributed by atoms with Crippen LogP contribution in [0.5, 0.6) is 0 Å². The van der Waals surface area contributed by atoms with Crippen molar-refractivity contribution in [3.05, 3.63) is 29.8 Å². The maximum Gasteiger partial charge on any atom is 0.221 e. The normalized spacial score (nSPS) is 9.50. The first-order valence-corrected chi connectivity index (χ1v) is 3.88. The minimum atomic E-state index is -0.0452. The number of carbonyl (C=O) groups excluding carboxylic acids is 1. The summed E-state index contributed by atoms with van der Waals surface area (Å²) in [5.41, 5.74) is 5.73. The summed E-state index contributed by atoms with van der Waals surface area (Å²) in [5.74, 6) is -0.0452. The van der Waals surface area contributed by atoms with Crippen LogP contribution in [-0.4, -0.2) is 5.91 Å². The lowest BCUT2D eigenvalue weighted by Gasteiger charge is -2.02. The average Bonchev–Trinajstić information content (AvgIpc) is 2.03. The van der Waals surface area contributed by atoms with Gasteiger partial charge in [0, 0.05) is 18.2 Å². The molecule has 1 amide bonds. The van der Waals surface area contributed by atoms with Gasteiger partial charge in [0.1, 0.15) is 0 Å². The van der Waals surface area contributed by atoms with E-state index < -0.39 is 0 Å². The highest BCUT2D eigenvalue weighted by molar-refractivity contribution is 5.88. The highest BCUT2D eigenvalue weighted by Crippen LogP contribution is 2.09. The maximum absolute atomic E-state index is 10.7. The minimum absolute atomic E-state index is 0.0452. The number of carbonyl (C=O) groups is 1. The Kier molecular flexibility index (Phi) is 2.82. The van der Waals surface area contributed by atoms with Crippen LogP contribution in [0.4, 0.5) is 5.69 Å².